The second-order valence-electron chi connectivity index (χ2n) is 9.15. The quantitative estimate of drug-likeness (QED) is 0.384. The maximum atomic E-state index is 12.9. The molecule has 6 nitrogen and oxygen atoms in total. The zero-order valence-corrected chi connectivity index (χ0v) is 20.0. The van der Waals surface area contributed by atoms with Crippen LogP contribution in [0.15, 0.2) is 72.8 Å². The summed E-state index contributed by atoms with van der Waals surface area (Å²) in [6, 6.07) is 19.9. The fourth-order valence-electron chi connectivity index (χ4n) is 4.08. The Morgan fingerprint density at radius 1 is 0.861 bits per heavy atom. The minimum atomic E-state index is -4.48. The summed E-state index contributed by atoms with van der Waals surface area (Å²) in [5.74, 6) is -0.159. The first-order valence-corrected chi connectivity index (χ1v) is 11.3. The van der Waals surface area contributed by atoms with E-state index in [2.05, 4.69) is 23.9 Å². The topological polar surface area (TPSA) is 99.8 Å². The molecule has 0 bridgehead atoms. The summed E-state index contributed by atoms with van der Waals surface area (Å²) in [5, 5.41) is 4.16. The first kappa shape index (κ1) is 25.1. The molecule has 3 aromatic carbocycles. The van der Waals surface area contributed by atoms with Gasteiger partial charge in [0.25, 0.3) is 5.91 Å². The lowest BCUT2D eigenvalue weighted by Crippen LogP contribution is -2.28. The normalized spacial score (nSPS) is 13.0. The molecule has 1 aromatic heterocycles. The minimum absolute atomic E-state index is 0.0272. The number of halogens is 3. The Morgan fingerprint density at radius 3 is 1.78 bits per heavy atom. The average Bonchev–Trinajstić information content (AvgIpc) is 3.25. The molecule has 0 aliphatic rings. The molecular formula is C27H26F3N5O. The second-order valence-corrected chi connectivity index (χ2v) is 9.15. The van der Waals surface area contributed by atoms with Crippen LogP contribution in [0.5, 0.6) is 0 Å². The first-order chi connectivity index (χ1) is 16.9. The average molecular weight is 494 g/mol. The number of benzene rings is 3. The number of hydrogen-bond acceptors (Lipinski definition) is 4. The molecule has 0 saturated carbocycles. The van der Waals surface area contributed by atoms with Crippen molar-refractivity contribution in [3.8, 4) is 16.8 Å². The molecule has 0 saturated heterocycles. The lowest BCUT2D eigenvalue weighted by molar-refractivity contribution is -0.149. The van der Waals surface area contributed by atoms with Gasteiger partial charge in [0, 0.05) is 5.41 Å². The smallest absolute Gasteiger partial charge is 0.363 e. The highest BCUT2D eigenvalue weighted by Crippen LogP contribution is 2.34. The third kappa shape index (κ3) is 4.87. The third-order valence-corrected chi connectivity index (χ3v) is 6.39. The molecule has 186 valence electrons. The Morgan fingerprint density at radius 2 is 1.33 bits per heavy atom. The molecule has 36 heavy (non-hydrogen) atoms. The largest absolute Gasteiger partial charge is 0.407 e. The molecular weight excluding hydrogens is 467 g/mol. The van der Waals surface area contributed by atoms with Crippen LogP contribution in [0.4, 0.5) is 13.2 Å². The standard InChI is InChI=1S/C27H26F3N5O/c1-16-33-25(24(32)36)34-35(16)22-14-12-21(13-15-22)26(2,3)20-10-8-18(9-11-20)17-4-6-19(7-5-17)23(31)27(28,29)30/h4-15,23H,31H2,1-3H3,(H2,32,36)/t23-/m0/s1. The molecule has 1 heterocycles. The Bertz CT molecular complexity index is 1370. The molecule has 4 rings (SSSR count). The number of aromatic nitrogens is 3. The van der Waals surface area contributed by atoms with Crippen LogP contribution in [0.1, 0.15) is 53.0 Å². The monoisotopic (exact) mass is 493 g/mol. The van der Waals surface area contributed by atoms with Gasteiger partial charge in [0.05, 0.1) is 5.69 Å². The number of nitrogens with zero attached hydrogens (tertiary/aromatic N) is 3. The number of alkyl halides is 3. The highest BCUT2D eigenvalue weighted by molar-refractivity contribution is 5.88. The van der Waals surface area contributed by atoms with Crippen molar-refractivity contribution in [1.29, 1.82) is 0 Å². The van der Waals surface area contributed by atoms with E-state index in [-0.39, 0.29) is 16.8 Å². The van der Waals surface area contributed by atoms with Crippen LogP contribution in [0.25, 0.3) is 16.8 Å². The minimum Gasteiger partial charge on any atom is -0.363 e. The van der Waals surface area contributed by atoms with Crippen molar-refractivity contribution < 1.29 is 18.0 Å². The van der Waals surface area contributed by atoms with Gasteiger partial charge in [-0.05, 0) is 46.9 Å². The molecule has 0 aliphatic heterocycles. The summed E-state index contributed by atoms with van der Waals surface area (Å²) in [5.41, 5.74) is 14.9. The Kier molecular flexibility index (Phi) is 6.44. The second kappa shape index (κ2) is 9.23. The predicted molar refractivity (Wildman–Crippen MR) is 132 cm³/mol. The Balaban J connectivity index is 1.54. The van der Waals surface area contributed by atoms with E-state index in [0.717, 1.165) is 27.9 Å². The molecule has 1 atom stereocenters. The van der Waals surface area contributed by atoms with Gasteiger partial charge in [-0.1, -0.05) is 74.5 Å². The van der Waals surface area contributed by atoms with Crippen LogP contribution in [-0.4, -0.2) is 26.8 Å². The van der Waals surface area contributed by atoms with Crippen molar-refractivity contribution in [2.24, 2.45) is 11.5 Å². The third-order valence-electron chi connectivity index (χ3n) is 6.39. The van der Waals surface area contributed by atoms with Gasteiger partial charge in [0.2, 0.25) is 5.82 Å². The van der Waals surface area contributed by atoms with E-state index < -0.39 is 18.1 Å². The Labute approximate surface area is 206 Å². The molecule has 0 radical (unpaired) electrons. The van der Waals surface area contributed by atoms with E-state index >= 15 is 0 Å². The van der Waals surface area contributed by atoms with E-state index in [1.165, 1.54) is 12.1 Å². The van der Waals surface area contributed by atoms with Crippen molar-refractivity contribution in [3.05, 3.63) is 101 Å². The fourth-order valence-corrected chi connectivity index (χ4v) is 4.08. The number of hydrogen-bond donors (Lipinski definition) is 2. The van der Waals surface area contributed by atoms with Crippen molar-refractivity contribution in [3.63, 3.8) is 0 Å². The summed E-state index contributed by atoms with van der Waals surface area (Å²) >= 11 is 0. The summed E-state index contributed by atoms with van der Waals surface area (Å²) in [6.45, 7) is 5.96. The van der Waals surface area contributed by atoms with Crippen LogP contribution >= 0.6 is 0 Å². The number of nitrogens with two attached hydrogens (primary N) is 2. The summed E-state index contributed by atoms with van der Waals surface area (Å²) in [7, 11) is 0. The number of aryl methyl sites for hydroxylation is 1. The van der Waals surface area contributed by atoms with Crippen molar-refractivity contribution >= 4 is 5.91 Å². The number of rotatable bonds is 6. The van der Waals surface area contributed by atoms with Gasteiger partial charge in [-0.3, -0.25) is 4.79 Å². The van der Waals surface area contributed by atoms with E-state index in [1.807, 2.05) is 48.5 Å². The predicted octanol–water partition coefficient (Wildman–Crippen LogP) is 5.23. The number of carbonyl (C=O) groups excluding carboxylic acids is 1. The maximum absolute atomic E-state index is 12.9. The van der Waals surface area contributed by atoms with Crippen LogP contribution in [0, 0.1) is 6.92 Å². The van der Waals surface area contributed by atoms with Crippen molar-refractivity contribution in [2.75, 3.05) is 0 Å². The molecule has 9 heteroatoms. The van der Waals surface area contributed by atoms with E-state index in [4.69, 9.17) is 11.5 Å². The van der Waals surface area contributed by atoms with Crippen LogP contribution in [0.3, 0.4) is 0 Å². The lowest BCUT2D eigenvalue weighted by Gasteiger charge is -2.26. The highest BCUT2D eigenvalue weighted by atomic mass is 19.4. The number of primary amides is 1. The molecule has 0 fully saturated rings. The summed E-state index contributed by atoms with van der Waals surface area (Å²) < 4.78 is 40.2. The molecule has 0 aliphatic carbocycles. The van der Waals surface area contributed by atoms with Gasteiger partial charge in [0.15, 0.2) is 0 Å². The maximum Gasteiger partial charge on any atom is 0.407 e. The zero-order chi connectivity index (χ0) is 26.3. The van der Waals surface area contributed by atoms with Gasteiger partial charge in [-0.2, -0.15) is 13.2 Å². The van der Waals surface area contributed by atoms with E-state index in [1.54, 1.807) is 23.7 Å². The Hall–Kier alpha value is -3.98. The lowest BCUT2D eigenvalue weighted by atomic mass is 9.78. The molecule has 4 N–H and O–H groups in total. The molecule has 0 spiro atoms. The van der Waals surface area contributed by atoms with Crippen LogP contribution < -0.4 is 11.5 Å². The number of carbonyl (C=O) groups is 1. The highest BCUT2D eigenvalue weighted by Gasteiger charge is 2.37. The van der Waals surface area contributed by atoms with Crippen molar-refractivity contribution in [1.82, 2.24) is 14.8 Å². The molecule has 4 aromatic rings. The zero-order valence-electron chi connectivity index (χ0n) is 20.0. The molecule has 1 amide bonds. The SMILES string of the molecule is Cc1nc(C(N)=O)nn1-c1ccc(C(C)(C)c2ccc(-c3ccc([C@H](N)C(F)(F)F)cc3)cc2)cc1. The van der Waals surface area contributed by atoms with Gasteiger partial charge in [0.1, 0.15) is 11.9 Å². The van der Waals surface area contributed by atoms with Gasteiger partial charge in [-0.15, -0.1) is 5.10 Å². The van der Waals surface area contributed by atoms with Gasteiger partial charge >= 0.3 is 6.18 Å². The summed E-state index contributed by atoms with van der Waals surface area (Å²) in [6.07, 6.45) is -4.48. The molecule has 0 unspecified atom stereocenters. The van der Waals surface area contributed by atoms with E-state index in [0.29, 0.717) is 5.82 Å². The van der Waals surface area contributed by atoms with Crippen LogP contribution in [-0.2, 0) is 5.41 Å². The fraction of sp³-hybridized carbons (Fsp3) is 0.222. The van der Waals surface area contributed by atoms with E-state index in [9.17, 15) is 18.0 Å². The first-order valence-electron chi connectivity index (χ1n) is 11.3. The number of amides is 1. The summed E-state index contributed by atoms with van der Waals surface area (Å²) in [4.78, 5) is 15.5. The van der Waals surface area contributed by atoms with Gasteiger partial charge in [-0.25, -0.2) is 9.67 Å². The van der Waals surface area contributed by atoms with Crippen molar-refractivity contribution in [2.45, 2.75) is 38.4 Å². The van der Waals surface area contributed by atoms with Crippen LogP contribution in [0.2, 0.25) is 0 Å². The van der Waals surface area contributed by atoms with Gasteiger partial charge < -0.3 is 11.5 Å².